The Balaban J connectivity index is 1.30. The van der Waals surface area contributed by atoms with Crippen LogP contribution in [0.25, 0.3) is 11.1 Å². The van der Waals surface area contributed by atoms with Crippen molar-refractivity contribution in [1.29, 1.82) is 0 Å². The highest BCUT2D eigenvalue weighted by Gasteiger charge is 2.13. The average Bonchev–Trinajstić information content (AvgIpc) is 2.90. The van der Waals surface area contributed by atoms with Crippen LogP contribution in [-0.4, -0.2) is 30.1 Å². The lowest BCUT2D eigenvalue weighted by Crippen LogP contribution is -2.26. The number of aliphatic carboxylic acids is 1. The fraction of sp³-hybridized carbons (Fsp3) is 0.394. The summed E-state index contributed by atoms with van der Waals surface area (Å²) in [5.41, 5.74) is 4.64. The van der Waals surface area contributed by atoms with Crippen molar-refractivity contribution in [1.82, 2.24) is 5.32 Å². The number of carboxylic acid groups (broad SMARTS) is 1. The summed E-state index contributed by atoms with van der Waals surface area (Å²) in [6.45, 7) is 7.34. The smallest absolute Gasteiger partial charge is 0.305 e. The molecule has 0 unspecified atom stereocenters. The van der Waals surface area contributed by atoms with E-state index >= 15 is 0 Å². The van der Waals surface area contributed by atoms with Gasteiger partial charge in [0.1, 0.15) is 11.6 Å². The predicted molar refractivity (Wildman–Crippen MR) is 154 cm³/mol. The summed E-state index contributed by atoms with van der Waals surface area (Å²) in [6, 6.07) is 21.4. The van der Waals surface area contributed by atoms with E-state index in [9.17, 15) is 14.0 Å². The van der Waals surface area contributed by atoms with Gasteiger partial charge in [-0.05, 0) is 71.2 Å². The third-order valence-corrected chi connectivity index (χ3v) is 6.74. The molecular formula is C33H40FNO4. The quantitative estimate of drug-likeness (QED) is 0.210. The highest BCUT2D eigenvalue weighted by molar-refractivity contribution is 5.94. The molecule has 1 amide bonds. The molecule has 0 aromatic heterocycles. The van der Waals surface area contributed by atoms with Gasteiger partial charge < -0.3 is 15.2 Å². The molecule has 0 fully saturated rings. The Hall–Kier alpha value is -3.67. The molecule has 39 heavy (non-hydrogen) atoms. The van der Waals surface area contributed by atoms with Crippen LogP contribution in [0.3, 0.4) is 0 Å². The minimum atomic E-state index is -0.993. The second-order valence-corrected chi connectivity index (χ2v) is 10.9. The average molecular weight is 534 g/mol. The molecule has 0 atom stereocenters. The van der Waals surface area contributed by atoms with Gasteiger partial charge in [-0.3, -0.25) is 9.59 Å². The lowest BCUT2D eigenvalue weighted by Gasteiger charge is -2.19. The number of nitrogens with one attached hydrogen (secondary N) is 1. The molecule has 0 saturated carbocycles. The first-order valence-electron chi connectivity index (χ1n) is 13.8. The fourth-order valence-corrected chi connectivity index (χ4v) is 4.32. The maximum absolute atomic E-state index is 14.4. The molecule has 3 aromatic carbocycles. The first kappa shape index (κ1) is 29.9. The first-order valence-corrected chi connectivity index (χ1v) is 13.8. The lowest BCUT2D eigenvalue weighted by molar-refractivity contribution is -0.136. The van der Waals surface area contributed by atoms with Crippen LogP contribution in [0.15, 0.2) is 66.7 Å². The molecule has 0 aliphatic heterocycles. The third kappa shape index (κ3) is 9.86. The number of carbonyl (C=O) groups is 2. The van der Waals surface area contributed by atoms with E-state index in [4.69, 9.17) is 9.84 Å². The van der Waals surface area contributed by atoms with Gasteiger partial charge in [0.15, 0.2) is 0 Å². The van der Waals surface area contributed by atoms with Crippen LogP contribution in [0, 0.1) is 5.82 Å². The summed E-state index contributed by atoms with van der Waals surface area (Å²) in [5.74, 6) is -0.986. The number of halogens is 1. The van der Waals surface area contributed by atoms with Gasteiger partial charge in [-0.15, -0.1) is 0 Å². The molecule has 208 valence electrons. The summed E-state index contributed by atoms with van der Waals surface area (Å²) in [7, 11) is 0. The number of unbranched alkanes of at least 4 members (excludes halogenated alkanes) is 4. The summed E-state index contributed by atoms with van der Waals surface area (Å²) in [6.07, 6.45) is 5.40. The van der Waals surface area contributed by atoms with E-state index < -0.39 is 17.7 Å². The molecule has 2 N–H and O–H groups in total. The normalized spacial score (nSPS) is 11.3. The van der Waals surface area contributed by atoms with E-state index in [2.05, 4.69) is 62.5 Å². The molecule has 3 rings (SSSR count). The fourth-order valence-electron chi connectivity index (χ4n) is 4.32. The molecule has 0 saturated heterocycles. The molecule has 5 nitrogen and oxygen atoms in total. The molecular weight excluding hydrogens is 493 g/mol. The summed E-state index contributed by atoms with van der Waals surface area (Å²) in [5, 5.41) is 11.1. The van der Waals surface area contributed by atoms with Gasteiger partial charge in [0, 0.05) is 12.1 Å². The van der Waals surface area contributed by atoms with Gasteiger partial charge in [-0.2, -0.15) is 0 Å². The van der Waals surface area contributed by atoms with Gasteiger partial charge in [0.2, 0.25) is 0 Å². The van der Waals surface area contributed by atoms with E-state index in [1.165, 1.54) is 22.8 Å². The topological polar surface area (TPSA) is 75.6 Å². The van der Waals surface area contributed by atoms with Crippen LogP contribution < -0.4 is 10.1 Å². The second kappa shape index (κ2) is 14.5. The van der Waals surface area contributed by atoms with Crippen molar-refractivity contribution in [3.8, 4) is 16.9 Å². The van der Waals surface area contributed by atoms with E-state index in [0.29, 0.717) is 18.6 Å². The number of benzene rings is 3. The monoisotopic (exact) mass is 533 g/mol. The maximum atomic E-state index is 14.4. The van der Waals surface area contributed by atoms with E-state index in [0.717, 1.165) is 37.9 Å². The zero-order valence-corrected chi connectivity index (χ0v) is 23.3. The van der Waals surface area contributed by atoms with E-state index in [-0.39, 0.29) is 23.9 Å². The Kier molecular flexibility index (Phi) is 11.1. The molecule has 6 heteroatoms. The van der Waals surface area contributed by atoms with Gasteiger partial charge in [0.25, 0.3) is 5.91 Å². The van der Waals surface area contributed by atoms with Crippen molar-refractivity contribution in [2.45, 2.75) is 71.1 Å². The van der Waals surface area contributed by atoms with Crippen molar-refractivity contribution >= 4 is 11.9 Å². The Morgan fingerprint density at radius 2 is 1.46 bits per heavy atom. The number of amides is 1. The van der Waals surface area contributed by atoms with Crippen molar-refractivity contribution < 1.29 is 23.8 Å². The number of carboxylic acids is 1. The first-order chi connectivity index (χ1) is 18.6. The Labute approximate surface area is 231 Å². The molecule has 0 aliphatic rings. The van der Waals surface area contributed by atoms with Crippen molar-refractivity contribution in [3.05, 3.63) is 89.2 Å². The molecule has 3 aromatic rings. The standard InChI is InChI=1S/C33H40FNO4/c1-33(2,3)28-16-12-24(13-17-28)25-14-18-29(19-15-25)39-22-8-6-4-5-7-9-26-10-11-27(23-30(26)34)32(38)35-21-20-31(36)37/h10-19,23H,4-9,20-22H2,1-3H3,(H,35,38)(H,36,37). The number of hydrogen-bond donors (Lipinski definition) is 2. The molecule has 0 spiro atoms. The van der Waals surface area contributed by atoms with Gasteiger partial charge in [-0.1, -0.05) is 82.5 Å². The third-order valence-electron chi connectivity index (χ3n) is 6.74. The van der Waals surface area contributed by atoms with Crippen molar-refractivity contribution in [3.63, 3.8) is 0 Å². The Bertz CT molecular complexity index is 1210. The Morgan fingerprint density at radius 1 is 0.846 bits per heavy atom. The SMILES string of the molecule is CC(C)(C)c1ccc(-c2ccc(OCCCCCCCc3ccc(C(=O)NCCC(=O)O)cc3F)cc2)cc1. The van der Waals surface area contributed by atoms with Gasteiger partial charge >= 0.3 is 5.97 Å². The minimum absolute atomic E-state index is 0.0156. The largest absolute Gasteiger partial charge is 0.494 e. The predicted octanol–water partition coefficient (Wildman–Crippen LogP) is 7.57. The summed E-state index contributed by atoms with van der Waals surface area (Å²) < 4.78 is 20.3. The number of aryl methyl sites for hydroxylation is 1. The Morgan fingerprint density at radius 3 is 2.08 bits per heavy atom. The van der Waals surface area contributed by atoms with Crippen LogP contribution >= 0.6 is 0 Å². The van der Waals surface area contributed by atoms with Gasteiger partial charge in [0.05, 0.1) is 13.0 Å². The molecule has 0 radical (unpaired) electrons. The lowest BCUT2D eigenvalue weighted by atomic mass is 9.86. The summed E-state index contributed by atoms with van der Waals surface area (Å²) >= 11 is 0. The number of rotatable bonds is 14. The van der Waals surface area contributed by atoms with E-state index in [1.54, 1.807) is 12.1 Å². The maximum Gasteiger partial charge on any atom is 0.305 e. The van der Waals surface area contributed by atoms with Crippen LogP contribution in [0.5, 0.6) is 5.75 Å². The highest BCUT2D eigenvalue weighted by Crippen LogP contribution is 2.27. The van der Waals surface area contributed by atoms with E-state index in [1.807, 2.05) is 12.1 Å². The zero-order chi connectivity index (χ0) is 28.3. The van der Waals surface area contributed by atoms with Crippen LogP contribution in [-0.2, 0) is 16.6 Å². The minimum Gasteiger partial charge on any atom is -0.494 e. The van der Waals surface area contributed by atoms with Crippen molar-refractivity contribution in [2.75, 3.05) is 13.2 Å². The van der Waals surface area contributed by atoms with Crippen LogP contribution in [0.1, 0.15) is 80.8 Å². The zero-order valence-electron chi connectivity index (χ0n) is 23.3. The van der Waals surface area contributed by atoms with Crippen LogP contribution in [0.2, 0.25) is 0 Å². The van der Waals surface area contributed by atoms with Gasteiger partial charge in [-0.25, -0.2) is 4.39 Å². The number of ether oxygens (including phenoxy) is 1. The second-order valence-electron chi connectivity index (χ2n) is 10.9. The summed E-state index contributed by atoms with van der Waals surface area (Å²) in [4.78, 5) is 22.5. The highest BCUT2D eigenvalue weighted by atomic mass is 19.1. The van der Waals surface area contributed by atoms with Crippen molar-refractivity contribution in [2.24, 2.45) is 0 Å². The van der Waals surface area contributed by atoms with Crippen LogP contribution in [0.4, 0.5) is 4.39 Å². The molecule has 0 aliphatic carbocycles. The molecule has 0 heterocycles. The number of carbonyl (C=O) groups excluding carboxylic acids is 1. The molecule has 0 bridgehead atoms. The number of hydrogen-bond acceptors (Lipinski definition) is 3.